The molecule has 0 saturated carbocycles. The second kappa shape index (κ2) is 7.72. The fourth-order valence-electron chi connectivity index (χ4n) is 4.20. The first kappa shape index (κ1) is 19.6. The van der Waals surface area contributed by atoms with Gasteiger partial charge in [0, 0.05) is 5.02 Å². The molecule has 0 radical (unpaired) electrons. The van der Waals surface area contributed by atoms with E-state index in [0.717, 1.165) is 11.3 Å². The van der Waals surface area contributed by atoms with Gasteiger partial charge in [0.25, 0.3) is 5.91 Å². The molecule has 2 aliphatic heterocycles. The van der Waals surface area contributed by atoms with Crippen LogP contribution in [0.15, 0.2) is 78.9 Å². The number of rotatable bonds is 4. The average molecular weight is 435 g/mol. The maximum atomic E-state index is 13.5. The lowest BCUT2D eigenvalue weighted by Gasteiger charge is -2.28. The van der Waals surface area contributed by atoms with E-state index in [9.17, 15) is 9.59 Å². The lowest BCUT2D eigenvalue weighted by atomic mass is 9.90. The minimum absolute atomic E-state index is 0.295. The number of amides is 2. The van der Waals surface area contributed by atoms with Crippen molar-refractivity contribution < 1.29 is 19.2 Å². The Morgan fingerprint density at radius 3 is 2.16 bits per heavy atom. The molecule has 6 nitrogen and oxygen atoms in total. The molecule has 0 bridgehead atoms. The van der Waals surface area contributed by atoms with Crippen LogP contribution in [-0.4, -0.2) is 25.0 Å². The van der Waals surface area contributed by atoms with Crippen LogP contribution in [0.4, 0.5) is 11.4 Å². The van der Waals surface area contributed by atoms with E-state index in [4.69, 9.17) is 21.2 Å². The summed E-state index contributed by atoms with van der Waals surface area (Å²) in [5.41, 5.74) is 2.12. The van der Waals surface area contributed by atoms with Crippen LogP contribution in [0.25, 0.3) is 0 Å². The predicted molar refractivity (Wildman–Crippen MR) is 117 cm³/mol. The molecule has 0 spiro atoms. The molecular formula is C24H19ClN2O4. The molecule has 5 rings (SSSR count). The highest BCUT2D eigenvalue weighted by atomic mass is 35.5. The van der Waals surface area contributed by atoms with Crippen molar-refractivity contribution in [1.29, 1.82) is 0 Å². The number of carbonyl (C=O) groups excluding carboxylic acids is 2. The largest absolute Gasteiger partial charge is 0.497 e. The summed E-state index contributed by atoms with van der Waals surface area (Å²) in [6.45, 7) is 0. The number of carbonyl (C=O) groups is 2. The molecule has 0 aromatic heterocycles. The monoisotopic (exact) mass is 434 g/mol. The van der Waals surface area contributed by atoms with Gasteiger partial charge < -0.3 is 4.74 Å². The molecule has 7 heteroatoms. The number of nitrogens with zero attached hydrogens (tertiary/aromatic N) is 2. The smallest absolute Gasteiger partial charge is 0.266 e. The molecule has 0 N–H and O–H groups in total. The van der Waals surface area contributed by atoms with Crippen LogP contribution in [0.3, 0.4) is 0 Å². The van der Waals surface area contributed by atoms with E-state index in [2.05, 4.69) is 0 Å². The Hall–Kier alpha value is -3.35. The maximum absolute atomic E-state index is 13.5. The zero-order valence-corrected chi connectivity index (χ0v) is 17.4. The third kappa shape index (κ3) is 3.24. The van der Waals surface area contributed by atoms with Gasteiger partial charge in [-0.1, -0.05) is 41.9 Å². The number of halogens is 1. The van der Waals surface area contributed by atoms with Gasteiger partial charge in [-0.2, -0.15) is 0 Å². The number of imide groups is 1. The van der Waals surface area contributed by atoms with E-state index in [1.165, 1.54) is 4.90 Å². The van der Waals surface area contributed by atoms with Crippen LogP contribution >= 0.6 is 11.6 Å². The molecule has 2 aliphatic rings. The van der Waals surface area contributed by atoms with Gasteiger partial charge >= 0.3 is 0 Å². The highest BCUT2D eigenvalue weighted by molar-refractivity contribution is 6.31. The van der Waals surface area contributed by atoms with Crippen LogP contribution in [-0.2, 0) is 14.4 Å². The number of hydrogen-bond acceptors (Lipinski definition) is 5. The van der Waals surface area contributed by atoms with Gasteiger partial charge in [-0.15, -0.1) is 0 Å². The van der Waals surface area contributed by atoms with E-state index in [1.807, 2.05) is 54.6 Å². The van der Waals surface area contributed by atoms with Gasteiger partial charge in [0.05, 0.1) is 24.5 Å². The van der Waals surface area contributed by atoms with Crippen LogP contribution in [0, 0.1) is 5.92 Å². The van der Waals surface area contributed by atoms with Gasteiger partial charge in [-0.05, 0) is 54.1 Å². The van der Waals surface area contributed by atoms with Crippen molar-refractivity contribution in [3.63, 3.8) is 0 Å². The Morgan fingerprint density at radius 1 is 0.839 bits per heavy atom. The summed E-state index contributed by atoms with van der Waals surface area (Å²) in [7, 11) is 1.60. The van der Waals surface area contributed by atoms with Gasteiger partial charge in [0.15, 0.2) is 6.10 Å². The first-order valence-corrected chi connectivity index (χ1v) is 10.2. The van der Waals surface area contributed by atoms with Gasteiger partial charge in [0.2, 0.25) is 5.91 Å². The molecule has 2 heterocycles. The molecule has 156 valence electrons. The van der Waals surface area contributed by atoms with Crippen molar-refractivity contribution in [2.24, 2.45) is 5.92 Å². The fourth-order valence-corrected chi connectivity index (χ4v) is 4.32. The quantitative estimate of drug-likeness (QED) is 0.570. The molecule has 0 unspecified atom stereocenters. The Balaban J connectivity index is 1.57. The standard InChI is InChI=1S/C24H19ClN2O4/c1-30-19-13-7-15(8-14-19)21-20-22(31-27(21)18-5-3-2-4-6-18)24(29)26(23(20)28)17-11-9-16(25)10-12-17/h2-14,20-22H,1H3/t20-,21-,22+/m0/s1. The van der Waals surface area contributed by atoms with Gasteiger partial charge in [-0.3, -0.25) is 14.4 Å². The summed E-state index contributed by atoms with van der Waals surface area (Å²) < 4.78 is 5.27. The van der Waals surface area contributed by atoms with Gasteiger partial charge in [0.1, 0.15) is 11.7 Å². The maximum Gasteiger partial charge on any atom is 0.266 e. The lowest BCUT2D eigenvalue weighted by molar-refractivity contribution is -0.126. The molecule has 3 atom stereocenters. The number of hydrogen-bond donors (Lipinski definition) is 0. The van der Waals surface area contributed by atoms with Gasteiger partial charge in [-0.25, -0.2) is 9.96 Å². The first-order chi connectivity index (χ1) is 15.1. The summed E-state index contributed by atoms with van der Waals surface area (Å²) in [5, 5.41) is 2.21. The number of hydroxylamine groups is 1. The van der Waals surface area contributed by atoms with Crippen LogP contribution in [0.2, 0.25) is 5.02 Å². The fraction of sp³-hybridized carbons (Fsp3) is 0.167. The van der Waals surface area contributed by atoms with E-state index in [1.54, 1.807) is 36.4 Å². The zero-order valence-electron chi connectivity index (χ0n) is 16.6. The molecule has 3 aromatic rings. The summed E-state index contributed by atoms with van der Waals surface area (Å²) in [6.07, 6.45) is -0.907. The van der Waals surface area contributed by atoms with Crippen LogP contribution in [0.1, 0.15) is 11.6 Å². The average Bonchev–Trinajstić information content (AvgIpc) is 3.31. The number of benzene rings is 3. The predicted octanol–water partition coefficient (Wildman–Crippen LogP) is 4.40. The van der Waals surface area contributed by atoms with Crippen LogP contribution < -0.4 is 14.7 Å². The number of para-hydroxylation sites is 1. The Bertz CT molecular complexity index is 1120. The number of anilines is 2. The number of methoxy groups -OCH3 is 1. The summed E-state index contributed by atoms with van der Waals surface area (Å²) >= 11 is 5.97. The zero-order chi connectivity index (χ0) is 21.5. The van der Waals surface area contributed by atoms with Crippen molar-refractivity contribution in [3.05, 3.63) is 89.4 Å². The number of fused-ring (bicyclic) bond motifs is 1. The third-order valence-corrected chi connectivity index (χ3v) is 5.92. The molecule has 0 aliphatic carbocycles. The first-order valence-electron chi connectivity index (χ1n) is 9.87. The molecule has 3 aromatic carbocycles. The van der Waals surface area contributed by atoms with Crippen LogP contribution in [0.5, 0.6) is 5.75 Å². The summed E-state index contributed by atoms with van der Waals surface area (Å²) in [6, 6.07) is 23.1. The minimum Gasteiger partial charge on any atom is -0.497 e. The van der Waals surface area contributed by atoms with E-state index in [0.29, 0.717) is 16.5 Å². The SMILES string of the molecule is COc1ccc([C@H]2[C@@H]3C(=O)N(c4ccc(Cl)cc4)C(=O)[C@@H]3ON2c2ccccc2)cc1. The second-order valence-corrected chi connectivity index (χ2v) is 7.86. The van der Waals surface area contributed by atoms with Crippen molar-refractivity contribution >= 4 is 34.8 Å². The van der Waals surface area contributed by atoms with Crippen molar-refractivity contribution in [2.45, 2.75) is 12.1 Å². The lowest BCUT2D eigenvalue weighted by Crippen LogP contribution is -2.37. The molecular weight excluding hydrogens is 416 g/mol. The van der Waals surface area contributed by atoms with E-state index in [-0.39, 0.29) is 11.8 Å². The Kier molecular flexibility index (Phi) is 4.88. The second-order valence-electron chi connectivity index (χ2n) is 7.42. The highest BCUT2D eigenvalue weighted by Gasteiger charge is 2.60. The van der Waals surface area contributed by atoms with Crippen molar-refractivity contribution in [2.75, 3.05) is 17.1 Å². The van der Waals surface area contributed by atoms with E-state index < -0.39 is 18.1 Å². The molecule has 2 fully saturated rings. The minimum atomic E-state index is -0.907. The summed E-state index contributed by atoms with van der Waals surface area (Å²) in [5.74, 6) is -0.648. The molecule has 2 saturated heterocycles. The normalized spacial score (nSPS) is 22.7. The Labute approximate surface area is 184 Å². The highest BCUT2D eigenvalue weighted by Crippen LogP contribution is 2.47. The van der Waals surface area contributed by atoms with Crippen molar-refractivity contribution in [3.8, 4) is 5.75 Å². The molecule has 31 heavy (non-hydrogen) atoms. The molecule has 2 amide bonds. The summed E-state index contributed by atoms with van der Waals surface area (Å²) in [4.78, 5) is 34.1. The third-order valence-electron chi connectivity index (χ3n) is 5.67. The van der Waals surface area contributed by atoms with E-state index >= 15 is 0 Å². The number of ether oxygens (including phenoxy) is 1. The Morgan fingerprint density at radius 2 is 1.52 bits per heavy atom. The topological polar surface area (TPSA) is 59.1 Å². The van der Waals surface area contributed by atoms with Crippen molar-refractivity contribution in [1.82, 2.24) is 0 Å².